The molecule has 0 unspecified atom stereocenters. The molecule has 0 aliphatic heterocycles. The van der Waals surface area contributed by atoms with Crippen LogP contribution < -0.4 is 5.32 Å². The summed E-state index contributed by atoms with van der Waals surface area (Å²) in [5, 5.41) is 7.32. The van der Waals surface area contributed by atoms with Gasteiger partial charge in [0.2, 0.25) is 0 Å². The summed E-state index contributed by atoms with van der Waals surface area (Å²) in [5.41, 5.74) is 5.42. The van der Waals surface area contributed by atoms with Crippen molar-refractivity contribution in [3.05, 3.63) is 59.4 Å². The third-order valence-electron chi connectivity index (χ3n) is 3.56. The van der Waals surface area contributed by atoms with E-state index in [2.05, 4.69) is 41.4 Å². The molecule has 1 N–H and O–H groups in total. The number of hydrogen-bond donors (Lipinski definition) is 1. The van der Waals surface area contributed by atoms with E-state index in [0.717, 1.165) is 16.9 Å². The van der Waals surface area contributed by atoms with Crippen molar-refractivity contribution in [2.75, 3.05) is 5.32 Å². The summed E-state index contributed by atoms with van der Waals surface area (Å²) < 4.78 is 5.28. The summed E-state index contributed by atoms with van der Waals surface area (Å²) in [7, 11) is 0. The van der Waals surface area contributed by atoms with Crippen molar-refractivity contribution in [1.29, 1.82) is 0 Å². The second-order valence-electron chi connectivity index (χ2n) is 5.06. The maximum absolute atomic E-state index is 5.28. The number of benzene rings is 2. The minimum atomic E-state index is 0.529. The van der Waals surface area contributed by atoms with E-state index in [1.54, 1.807) is 0 Å². The molecule has 0 amide bonds. The van der Waals surface area contributed by atoms with Crippen LogP contribution in [-0.2, 0) is 0 Å². The van der Waals surface area contributed by atoms with E-state index in [4.69, 9.17) is 4.52 Å². The average Bonchev–Trinajstić information content (AvgIpc) is 2.91. The summed E-state index contributed by atoms with van der Waals surface area (Å²) in [4.78, 5) is 4.31. The third-order valence-corrected chi connectivity index (χ3v) is 3.56. The molecule has 2 aromatic carbocycles. The van der Waals surface area contributed by atoms with Crippen molar-refractivity contribution in [3.8, 4) is 11.5 Å². The summed E-state index contributed by atoms with van der Waals surface area (Å²) in [6, 6.07) is 14.1. The molecule has 4 heteroatoms. The van der Waals surface area contributed by atoms with Crippen LogP contribution in [0.2, 0.25) is 0 Å². The lowest BCUT2D eigenvalue weighted by molar-refractivity contribution is 0.426. The first-order valence-electron chi connectivity index (χ1n) is 6.88. The lowest BCUT2D eigenvalue weighted by Gasteiger charge is -2.13. The molecule has 0 atom stereocenters. The largest absolute Gasteiger partial charge is 0.355 e. The van der Waals surface area contributed by atoms with E-state index in [1.165, 1.54) is 11.1 Å². The summed E-state index contributed by atoms with van der Waals surface area (Å²) in [6.45, 7) is 6.03. The Hall–Kier alpha value is -2.62. The average molecular weight is 279 g/mol. The lowest BCUT2D eigenvalue weighted by Crippen LogP contribution is -1.96. The second-order valence-corrected chi connectivity index (χ2v) is 5.06. The SMILES string of the molecule is Cc1noc(-c2ccccc2Nc2cccc(C)c2C)n1. The fourth-order valence-corrected chi connectivity index (χ4v) is 2.22. The van der Waals surface area contributed by atoms with E-state index in [9.17, 15) is 0 Å². The van der Waals surface area contributed by atoms with Crippen LogP contribution in [0.4, 0.5) is 11.4 Å². The predicted octanol–water partition coefficient (Wildman–Crippen LogP) is 4.41. The van der Waals surface area contributed by atoms with Crippen LogP contribution in [0.3, 0.4) is 0 Å². The maximum Gasteiger partial charge on any atom is 0.260 e. The Balaban J connectivity index is 2.02. The lowest BCUT2D eigenvalue weighted by atomic mass is 10.1. The van der Waals surface area contributed by atoms with Gasteiger partial charge in [-0.05, 0) is 50.1 Å². The molecular weight excluding hydrogens is 262 g/mol. The number of nitrogens with one attached hydrogen (secondary N) is 1. The first-order valence-corrected chi connectivity index (χ1v) is 6.88. The van der Waals surface area contributed by atoms with Crippen molar-refractivity contribution in [2.24, 2.45) is 0 Å². The summed E-state index contributed by atoms with van der Waals surface area (Å²) in [5.74, 6) is 1.16. The third kappa shape index (κ3) is 2.65. The van der Waals surface area contributed by atoms with Crippen LogP contribution in [0.15, 0.2) is 47.0 Å². The van der Waals surface area contributed by atoms with Crippen LogP contribution in [0, 0.1) is 20.8 Å². The molecule has 0 saturated carbocycles. The Labute approximate surface area is 123 Å². The maximum atomic E-state index is 5.28. The molecule has 0 bridgehead atoms. The normalized spacial score (nSPS) is 10.6. The Morgan fingerprint density at radius 3 is 2.43 bits per heavy atom. The molecule has 0 saturated heterocycles. The molecule has 3 aromatic rings. The molecule has 0 aliphatic carbocycles. The van der Waals surface area contributed by atoms with Gasteiger partial charge in [0.1, 0.15) is 0 Å². The first-order chi connectivity index (χ1) is 10.1. The number of rotatable bonds is 3. The smallest absolute Gasteiger partial charge is 0.260 e. The standard InChI is InChI=1S/C17H17N3O/c1-11-7-6-10-15(12(11)2)19-16-9-5-4-8-14(16)17-18-13(3)20-21-17/h4-10,19H,1-3H3. The highest BCUT2D eigenvalue weighted by molar-refractivity contribution is 5.77. The number of nitrogens with zero attached hydrogens (tertiary/aromatic N) is 2. The number of aryl methyl sites for hydroxylation is 2. The fourth-order valence-electron chi connectivity index (χ4n) is 2.22. The highest BCUT2D eigenvalue weighted by Crippen LogP contribution is 2.30. The highest BCUT2D eigenvalue weighted by atomic mass is 16.5. The molecule has 1 aromatic heterocycles. The van der Waals surface area contributed by atoms with Crippen LogP contribution in [-0.4, -0.2) is 10.1 Å². The number of hydrogen-bond acceptors (Lipinski definition) is 4. The van der Waals surface area contributed by atoms with Crippen LogP contribution in [0.5, 0.6) is 0 Å². The van der Waals surface area contributed by atoms with Gasteiger partial charge in [-0.2, -0.15) is 4.98 Å². The quantitative estimate of drug-likeness (QED) is 0.771. The number of aromatic nitrogens is 2. The Bertz CT molecular complexity index is 777. The van der Waals surface area contributed by atoms with E-state index < -0.39 is 0 Å². The van der Waals surface area contributed by atoms with Crippen molar-refractivity contribution in [3.63, 3.8) is 0 Å². The molecule has 1 heterocycles. The summed E-state index contributed by atoms with van der Waals surface area (Å²) >= 11 is 0. The molecule has 0 fully saturated rings. The molecule has 21 heavy (non-hydrogen) atoms. The van der Waals surface area contributed by atoms with E-state index >= 15 is 0 Å². The second kappa shape index (κ2) is 5.40. The Kier molecular flexibility index (Phi) is 3.44. The van der Waals surface area contributed by atoms with Crippen molar-refractivity contribution in [1.82, 2.24) is 10.1 Å². The molecule has 106 valence electrons. The van der Waals surface area contributed by atoms with Crippen molar-refractivity contribution in [2.45, 2.75) is 20.8 Å². The highest BCUT2D eigenvalue weighted by Gasteiger charge is 2.12. The van der Waals surface area contributed by atoms with Gasteiger partial charge < -0.3 is 9.84 Å². The molecule has 0 aliphatic rings. The van der Waals surface area contributed by atoms with Gasteiger partial charge in [-0.15, -0.1) is 0 Å². The van der Waals surface area contributed by atoms with Crippen LogP contribution in [0.25, 0.3) is 11.5 Å². The predicted molar refractivity (Wildman–Crippen MR) is 83.7 cm³/mol. The molecule has 3 rings (SSSR count). The van der Waals surface area contributed by atoms with Crippen LogP contribution in [0.1, 0.15) is 17.0 Å². The van der Waals surface area contributed by atoms with Gasteiger partial charge in [-0.25, -0.2) is 0 Å². The Morgan fingerprint density at radius 1 is 0.905 bits per heavy atom. The van der Waals surface area contributed by atoms with Gasteiger partial charge in [0, 0.05) is 5.69 Å². The zero-order valence-corrected chi connectivity index (χ0v) is 12.3. The number of para-hydroxylation sites is 1. The van der Waals surface area contributed by atoms with Gasteiger partial charge in [-0.3, -0.25) is 0 Å². The molecule has 4 nitrogen and oxygen atoms in total. The number of anilines is 2. The molecule has 0 radical (unpaired) electrons. The molecule has 0 spiro atoms. The van der Waals surface area contributed by atoms with E-state index in [-0.39, 0.29) is 0 Å². The molecular formula is C17H17N3O. The topological polar surface area (TPSA) is 51.0 Å². The monoisotopic (exact) mass is 279 g/mol. The van der Waals surface area contributed by atoms with E-state index in [1.807, 2.05) is 37.3 Å². The van der Waals surface area contributed by atoms with E-state index in [0.29, 0.717) is 11.7 Å². The van der Waals surface area contributed by atoms with Crippen molar-refractivity contribution >= 4 is 11.4 Å². The van der Waals surface area contributed by atoms with Crippen molar-refractivity contribution < 1.29 is 4.52 Å². The fraction of sp³-hybridized carbons (Fsp3) is 0.176. The van der Waals surface area contributed by atoms with Gasteiger partial charge in [0.05, 0.1) is 11.3 Å². The Morgan fingerprint density at radius 2 is 1.67 bits per heavy atom. The van der Waals surface area contributed by atoms with Gasteiger partial charge in [0.15, 0.2) is 5.82 Å². The first kappa shape index (κ1) is 13.4. The van der Waals surface area contributed by atoms with Crippen LogP contribution >= 0.6 is 0 Å². The summed E-state index contributed by atoms with van der Waals surface area (Å²) in [6.07, 6.45) is 0. The van der Waals surface area contributed by atoms with Gasteiger partial charge >= 0.3 is 0 Å². The zero-order chi connectivity index (χ0) is 14.8. The van der Waals surface area contributed by atoms with Gasteiger partial charge in [0.25, 0.3) is 5.89 Å². The minimum absolute atomic E-state index is 0.529. The van der Waals surface area contributed by atoms with Gasteiger partial charge in [-0.1, -0.05) is 29.4 Å². The zero-order valence-electron chi connectivity index (χ0n) is 12.3. The minimum Gasteiger partial charge on any atom is -0.355 e.